The number of nitrogens with one attached hydrogen (secondary N) is 1. The Bertz CT molecular complexity index is 594. The van der Waals surface area contributed by atoms with Crippen LogP contribution in [0.25, 0.3) is 0 Å². The van der Waals surface area contributed by atoms with Crippen LogP contribution in [-0.4, -0.2) is 24.1 Å². The molecule has 0 spiro atoms. The lowest BCUT2D eigenvalue weighted by atomic mass is 10.0. The predicted molar refractivity (Wildman–Crippen MR) is 78.2 cm³/mol. The third-order valence-corrected chi connectivity index (χ3v) is 3.76. The number of likely N-dealkylation sites (N-methyl/N-ethyl adjacent to an activating group) is 1. The first-order valence-electron chi connectivity index (χ1n) is 6.11. The van der Waals surface area contributed by atoms with Gasteiger partial charge in [0.05, 0.1) is 18.8 Å². The molecule has 0 radical (unpaired) electrons. The molecule has 2 aromatic rings. The fourth-order valence-electron chi connectivity index (χ4n) is 1.92. The van der Waals surface area contributed by atoms with Gasteiger partial charge >= 0.3 is 0 Å². The number of ether oxygens (including phenoxy) is 1. The van der Waals surface area contributed by atoms with Crippen molar-refractivity contribution in [2.75, 3.05) is 14.2 Å². The van der Waals surface area contributed by atoms with E-state index in [9.17, 15) is 4.39 Å². The van der Waals surface area contributed by atoms with Gasteiger partial charge in [-0.15, -0.1) is 0 Å². The van der Waals surface area contributed by atoms with E-state index in [0.29, 0.717) is 12.3 Å². The van der Waals surface area contributed by atoms with Gasteiger partial charge in [-0.2, -0.15) is 0 Å². The highest BCUT2D eigenvalue weighted by molar-refractivity contribution is 9.10. The van der Waals surface area contributed by atoms with E-state index in [4.69, 9.17) is 4.74 Å². The molecule has 4 nitrogen and oxygen atoms in total. The smallest absolute Gasteiger partial charge is 0.216 e. The Kier molecular flexibility index (Phi) is 5.03. The van der Waals surface area contributed by atoms with Gasteiger partial charge in [-0.05, 0) is 31.2 Å². The molecule has 1 heterocycles. The molecule has 0 aliphatic carbocycles. The Morgan fingerprint density at radius 1 is 1.35 bits per heavy atom. The summed E-state index contributed by atoms with van der Waals surface area (Å²) in [7, 11) is 3.42. The number of benzene rings is 1. The summed E-state index contributed by atoms with van der Waals surface area (Å²) >= 11 is 3.38. The molecule has 0 fully saturated rings. The van der Waals surface area contributed by atoms with Crippen LogP contribution in [-0.2, 0) is 6.42 Å². The van der Waals surface area contributed by atoms with Gasteiger partial charge < -0.3 is 10.1 Å². The van der Waals surface area contributed by atoms with Crippen molar-refractivity contribution in [3.05, 3.63) is 52.1 Å². The van der Waals surface area contributed by atoms with Crippen LogP contribution in [0.5, 0.6) is 5.88 Å². The first kappa shape index (κ1) is 14.9. The minimum absolute atomic E-state index is 0.00587. The molecular weight excluding hydrogens is 325 g/mol. The second-order valence-electron chi connectivity index (χ2n) is 4.27. The van der Waals surface area contributed by atoms with Crippen molar-refractivity contribution >= 4 is 15.9 Å². The molecule has 1 aromatic heterocycles. The van der Waals surface area contributed by atoms with Gasteiger partial charge in [0.25, 0.3) is 0 Å². The number of hydrogen-bond donors (Lipinski definition) is 1. The van der Waals surface area contributed by atoms with E-state index < -0.39 is 0 Å². The average molecular weight is 340 g/mol. The summed E-state index contributed by atoms with van der Waals surface area (Å²) in [5.41, 5.74) is 1.83. The average Bonchev–Trinajstić information content (AvgIpc) is 2.46. The monoisotopic (exact) mass is 339 g/mol. The van der Waals surface area contributed by atoms with Crippen LogP contribution in [0.2, 0.25) is 0 Å². The van der Waals surface area contributed by atoms with E-state index >= 15 is 0 Å². The van der Waals surface area contributed by atoms with Crippen LogP contribution < -0.4 is 10.1 Å². The highest BCUT2D eigenvalue weighted by Crippen LogP contribution is 2.24. The fourth-order valence-corrected chi connectivity index (χ4v) is 2.43. The topological polar surface area (TPSA) is 47.0 Å². The van der Waals surface area contributed by atoms with E-state index in [1.807, 2.05) is 7.05 Å². The van der Waals surface area contributed by atoms with E-state index in [-0.39, 0.29) is 11.9 Å². The normalized spacial score (nSPS) is 12.2. The number of hydrogen-bond acceptors (Lipinski definition) is 4. The van der Waals surface area contributed by atoms with Crippen molar-refractivity contribution in [2.45, 2.75) is 12.5 Å². The van der Waals surface area contributed by atoms with E-state index in [2.05, 4.69) is 31.2 Å². The number of nitrogens with zero attached hydrogens (tertiary/aromatic N) is 2. The lowest BCUT2D eigenvalue weighted by molar-refractivity contribution is 0.394. The zero-order valence-corrected chi connectivity index (χ0v) is 12.8. The highest BCUT2D eigenvalue weighted by Gasteiger charge is 2.14. The summed E-state index contributed by atoms with van der Waals surface area (Å²) in [5.74, 6) is 0.263. The fraction of sp³-hybridized carbons (Fsp3) is 0.286. The van der Waals surface area contributed by atoms with Crippen LogP contribution in [0.15, 0.2) is 35.1 Å². The second kappa shape index (κ2) is 6.76. The molecule has 2 rings (SSSR count). The molecule has 6 heteroatoms. The quantitative estimate of drug-likeness (QED) is 0.909. The van der Waals surface area contributed by atoms with Gasteiger partial charge in [-0.1, -0.05) is 22.0 Å². The molecule has 1 unspecified atom stereocenters. The molecule has 1 N–H and O–H groups in total. The van der Waals surface area contributed by atoms with Gasteiger partial charge in [-0.3, -0.25) is 0 Å². The van der Waals surface area contributed by atoms with Crippen molar-refractivity contribution in [1.82, 2.24) is 15.3 Å². The molecular formula is C14H15BrFN3O. The van der Waals surface area contributed by atoms with Gasteiger partial charge in [0, 0.05) is 10.5 Å². The Hall–Kier alpha value is -1.53. The number of rotatable bonds is 5. The number of aromatic nitrogens is 2. The Balaban J connectivity index is 2.23. The Morgan fingerprint density at radius 2 is 2.15 bits per heavy atom. The van der Waals surface area contributed by atoms with Crippen LogP contribution in [0.3, 0.4) is 0 Å². The van der Waals surface area contributed by atoms with E-state index in [0.717, 1.165) is 15.7 Å². The van der Waals surface area contributed by atoms with E-state index in [1.165, 1.54) is 18.5 Å². The van der Waals surface area contributed by atoms with Gasteiger partial charge in [0.2, 0.25) is 5.88 Å². The van der Waals surface area contributed by atoms with Crippen molar-refractivity contribution in [3.8, 4) is 5.88 Å². The Morgan fingerprint density at radius 3 is 2.80 bits per heavy atom. The third kappa shape index (κ3) is 3.52. The maximum Gasteiger partial charge on any atom is 0.216 e. The minimum atomic E-state index is -0.259. The summed E-state index contributed by atoms with van der Waals surface area (Å²) in [6, 6.07) is 6.46. The number of halogens is 2. The van der Waals surface area contributed by atoms with Crippen molar-refractivity contribution < 1.29 is 9.13 Å². The minimum Gasteiger partial charge on any atom is -0.481 e. The molecule has 0 aliphatic heterocycles. The van der Waals surface area contributed by atoms with Crippen LogP contribution in [0.4, 0.5) is 4.39 Å². The molecule has 20 heavy (non-hydrogen) atoms. The SMILES string of the molecule is CNC(Cc1ccc(F)cc1Br)c1cc(OC)ncn1. The number of methoxy groups -OCH3 is 1. The maximum atomic E-state index is 13.1. The summed E-state index contributed by atoms with van der Waals surface area (Å²) in [6.07, 6.45) is 2.15. The summed E-state index contributed by atoms with van der Waals surface area (Å²) in [5, 5.41) is 3.20. The molecule has 106 valence electrons. The molecule has 0 aliphatic rings. The maximum absolute atomic E-state index is 13.1. The second-order valence-corrected chi connectivity index (χ2v) is 5.12. The standard InChI is InChI=1S/C14H15BrFN3O/c1-17-12(13-7-14(20-2)19-8-18-13)5-9-3-4-10(16)6-11(9)15/h3-4,6-8,12,17H,5H2,1-2H3. The zero-order valence-electron chi connectivity index (χ0n) is 11.2. The van der Waals surface area contributed by atoms with Gasteiger partial charge in [0.15, 0.2) is 0 Å². The van der Waals surface area contributed by atoms with Crippen molar-refractivity contribution in [1.29, 1.82) is 0 Å². The lowest BCUT2D eigenvalue weighted by Crippen LogP contribution is -2.20. The molecule has 0 saturated carbocycles. The molecule has 0 amide bonds. The van der Waals surface area contributed by atoms with E-state index in [1.54, 1.807) is 19.2 Å². The molecule has 1 aromatic carbocycles. The van der Waals surface area contributed by atoms with Crippen LogP contribution in [0, 0.1) is 5.82 Å². The largest absolute Gasteiger partial charge is 0.481 e. The van der Waals surface area contributed by atoms with Crippen LogP contribution >= 0.6 is 15.9 Å². The molecule has 1 atom stereocenters. The molecule has 0 saturated heterocycles. The molecule has 0 bridgehead atoms. The van der Waals surface area contributed by atoms with Gasteiger partial charge in [-0.25, -0.2) is 14.4 Å². The lowest BCUT2D eigenvalue weighted by Gasteiger charge is -2.17. The van der Waals surface area contributed by atoms with Crippen molar-refractivity contribution in [2.24, 2.45) is 0 Å². The Labute approximate surface area is 125 Å². The zero-order chi connectivity index (χ0) is 14.5. The van der Waals surface area contributed by atoms with Crippen molar-refractivity contribution in [3.63, 3.8) is 0 Å². The summed E-state index contributed by atoms with van der Waals surface area (Å²) in [6.45, 7) is 0. The van der Waals surface area contributed by atoms with Crippen LogP contribution in [0.1, 0.15) is 17.3 Å². The highest BCUT2D eigenvalue weighted by atomic mass is 79.9. The first-order valence-corrected chi connectivity index (χ1v) is 6.90. The third-order valence-electron chi connectivity index (χ3n) is 3.02. The summed E-state index contributed by atoms with van der Waals surface area (Å²) < 4.78 is 19.0. The van der Waals surface area contributed by atoms with Gasteiger partial charge in [0.1, 0.15) is 12.1 Å². The predicted octanol–water partition coefficient (Wildman–Crippen LogP) is 2.89. The first-order chi connectivity index (χ1) is 9.63. The summed E-state index contributed by atoms with van der Waals surface area (Å²) in [4.78, 5) is 8.25.